The number of nitrogens with zero attached hydrogens (tertiary/aromatic N) is 1. The van der Waals surface area contributed by atoms with Crippen LogP contribution >= 0.6 is 0 Å². The predicted octanol–water partition coefficient (Wildman–Crippen LogP) is 1.23. The molecule has 3 nitrogen and oxygen atoms in total. The monoisotopic (exact) mass is 168 g/mol. The van der Waals surface area contributed by atoms with Crippen molar-refractivity contribution < 1.29 is 4.79 Å². The highest BCUT2D eigenvalue weighted by Gasteiger charge is 2.25. The standard InChI is InChI=1S/C9H16N2O/c1-9(2,5-3-6-10)8(12)4-7-11/h3-6,10H2,1-2H3. The molecule has 68 valence electrons. The quantitative estimate of drug-likeness (QED) is 0.671. The molecule has 0 aromatic carbocycles. The number of rotatable bonds is 5. The Hall–Kier alpha value is -0.880. The Morgan fingerprint density at radius 3 is 2.58 bits per heavy atom. The molecule has 0 atom stereocenters. The van der Waals surface area contributed by atoms with Crippen molar-refractivity contribution in [3.63, 3.8) is 0 Å². The van der Waals surface area contributed by atoms with Crippen molar-refractivity contribution in [3.05, 3.63) is 0 Å². The first-order valence-corrected chi connectivity index (χ1v) is 4.15. The summed E-state index contributed by atoms with van der Waals surface area (Å²) in [6, 6.07) is 1.87. The average molecular weight is 168 g/mol. The number of carbonyl (C=O) groups excluding carboxylic acids is 1. The Balaban J connectivity index is 4.01. The Labute approximate surface area is 73.6 Å². The van der Waals surface area contributed by atoms with Gasteiger partial charge in [0.05, 0.1) is 12.5 Å². The van der Waals surface area contributed by atoms with E-state index in [1.54, 1.807) is 0 Å². The Morgan fingerprint density at radius 2 is 2.17 bits per heavy atom. The van der Waals surface area contributed by atoms with Gasteiger partial charge in [-0.05, 0) is 19.4 Å². The molecule has 0 aliphatic carbocycles. The molecule has 0 saturated heterocycles. The third-order valence-corrected chi connectivity index (χ3v) is 2.00. The van der Waals surface area contributed by atoms with Crippen LogP contribution in [0.15, 0.2) is 0 Å². The second-order valence-electron chi connectivity index (χ2n) is 3.53. The number of ketones is 1. The maximum atomic E-state index is 11.3. The van der Waals surface area contributed by atoms with Gasteiger partial charge in [0.2, 0.25) is 0 Å². The maximum Gasteiger partial charge on any atom is 0.152 e. The molecule has 12 heavy (non-hydrogen) atoms. The van der Waals surface area contributed by atoms with E-state index in [0.29, 0.717) is 6.54 Å². The average Bonchev–Trinajstić information content (AvgIpc) is 2.01. The van der Waals surface area contributed by atoms with Gasteiger partial charge in [0, 0.05) is 5.41 Å². The summed E-state index contributed by atoms with van der Waals surface area (Å²) < 4.78 is 0. The lowest BCUT2D eigenvalue weighted by atomic mass is 9.82. The lowest BCUT2D eigenvalue weighted by Gasteiger charge is -2.20. The normalized spacial score (nSPS) is 10.8. The highest BCUT2D eigenvalue weighted by atomic mass is 16.1. The van der Waals surface area contributed by atoms with Gasteiger partial charge in [-0.3, -0.25) is 4.79 Å². The SMILES string of the molecule is CC(C)(CCCN)C(=O)CC#N. The summed E-state index contributed by atoms with van der Waals surface area (Å²) in [7, 11) is 0. The van der Waals surface area contributed by atoms with Crippen molar-refractivity contribution in [3.8, 4) is 6.07 Å². The first-order valence-electron chi connectivity index (χ1n) is 4.15. The summed E-state index contributed by atoms with van der Waals surface area (Å²) >= 11 is 0. The van der Waals surface area contributed by atoms with Crippen LogP contribution in [-0.2, 0) is 4.79 Å². The molecule has 0 radical (unpaired) electrons. The number of hydrogen-bond donors (Lipinski definition) is 1. The molecular formula is C9H16N2O. The van der Waals surface area contributed by atoms with E-state index in [4.69, 9.17) is 11.0 Å². The van der Waals surface area contributed by atoms with Gasteiger partial charge in [-0.2, -0.15) is 5.26 Å². The van der Waals surface area contributed by atoms with E-state index in [9.17, 15) is 4.79 Å². The van der Waals surface area contributed by atoms with Gasteiger partial charge in [-0.25, -0.2) is 0 Å². The molecule has 0 aromatic rings. The van der Waals surface area contributed by atoms with Crippen molar-refractivity contribution >= 4 is 5.78 Å². The van der Waals surface area contributed by atoms with Gasteiger partial charge in [-0.1, -0.05) is 13.8 Å². The van der Waals surface area contributed by atoms with Crippen molar-refractivity contribution in [1.82, 2.24) is 0 Å². The number of hydrogen-bond acceptors (Lipinski definition) is 3. The van der Waals surface area contributed by atoms with Crippen LogP contribution < -0.4 is 5.73 Å². The highest BCUT2D eigenvalue weighted by molar-refractivity contribution is 5.85. The fraction of sp³-hybridized carbons (Fsp3) is 0.778. The van der Waals surface area contributed by atoms with Crippen LogP contribution in [0.25, 0.3) is 0 Å². The molecule has 0 amide bonds. The van der Waals surface area contributed by atoms with E-state index < -0.39 is 0 Å². The fourth-order valence-electron chi connectivity index (χ4n) is 0.995. The van der Waals surface area contributed by atoms with Crippen molar-refractivity contribution in [1.29, 1.82) is 5.26 Å². The third-order valence-electron chi connectivity index (χ3n) is 2.00. The summed E-state index contributed by atoms with van der Waals surface area (Å²) in [6.45, 7) is 4.33. The summed E-state index contributed by atoms with van der Waals surface area (Å²) in [5, 5.41) is 8.33. The maximum absolute atomic E-state index is 11.3. The van der Waals surface area contributed by atoms with Crippen LogP contribution in [0.5, 0.6) is 0 Å². The summed E-state index contributed by atoms with van der Waals surface area (Å²) in [5.74, 6) is 0.0125. The number of carbonyl (C=O) groups is 1. The van der Waals surface area contributed by atoms with Gasteiger partial charge < -0.3 is 5.73 Å². The van der Waals surface area contributed by atoms with E-state index in [1.807, 2.05) is 19.9 Å². The van der Waals surface area contributed by atoms with Gasteiger partial charge in [0.25, 0.3) is 0 Å². The van der Waals surface area contributed by atoms with Gasteiger partial charge in [0.15, 0.2) is 5.78 Å². The molecule has 0 fully saturated rings. The number of nitriles is 1. The molecule has 0 aliphatic rings. The minimum absolute atomic E-state index is 0.0115. The van der Waals surface area contributed by atoms with Crippen molar-refractivity contribution in [2.45, 2.75) is 33.1 Å². The largest absolute Gasteiger partial charge is 0.330 e. The Morgan fingerprint density at radius 1 is 1.58 bits per heavy atom. The Bertz CT molecular complexity index is 191. The van der Waals surface area contributed by atoms with Crippen LogP contribution in [-0.4, -0.2) is 12.3 Å². The second-order valence-corrected chi connectivity index (χ2v) is 3.53. The van der Waals surface area contributed by atoms with E-state index in [0.717, 1.165) is 12.8 Å². The topological polar surface area (TPSA) is 66.9 Å². The van der Waals surface area contributed by atoms with E-state index >= 15 is 0 Å². The number of Topliss-reactive ketones (excluding diaryl/α,β-unsaturated/α-hetero) is 1. The first kappa shape index (κ1) is 11.1. The van der Waals surface area contributed by atoms with Crippen LogP contribution in [0.3, 0.4) is 0 Å². The van der Waals surface area contributed by atoms with E-state index in [1.165, 1.54) is 0 Å². The zero-order valence-electron chi connectivity index (χ0n) is 7.76. The van der Waals surface area contributed by atoms with E-state index in [2.05, 4.69) is 0 Å². The molecule has 0 aliphatic heterocycles. The molecular weight excluding hydrogens is 152 g/mol. The highest BCUT2D eigenvalue weighted by Crippen LogP contribution is 2.24. The summed E-state index contributed by atoms with van der Waals surface area (Å²) in [6.07, 6.45) is 1.62. The third kappa shape index (κ3) is 3.49. The van der Waals surface area contributed by atoms with Crippen LogP contribution in [0, 0.1) is 16.7 Å². The molecule has 0 aromatic heterocycles. The predicted molar refractivity (Wildman–Crippen MR) is 47.3 cm³/mol. The van der Waals surface area contributed by atoms with Crippen molar-refractivity contribution in [2.75, 3.05) is 6.54 Å². The molecule has 0 bridgehead atoms. The molecule has 0 rings (SSSR count). The lowest BCUT2D eigenvalue weighted by molar-refractivity contribution is -0.126. The minimum Gasteiger partial charge on any atom is -0.330 e. The Kier molecular flexibility index (Phi) is 4.53. The van der Waals surface area contributed by atoms with Gasteiger partial charge >= 0.3 is 0 Å². The van der Waals surface area contributed by atoms with Crippen molar-refractivity contribution in [2.24, 2.45) is 11.1 Å². The molecule has 0 spiro atoms. The molecule has 0 saturated carbocycles. The smallest absolute Gasteiger partial charge is 0.152 e. The zero-order chi connectivity index (χ0) is 9.61. The molecule has 0 unspecified atom stereocenters. The zero-order valence-corrected chi connectivity index (χ0v) is 7.76. The fourth-order valence-corrected chi connectivity index (χ4v) is 0.995. The van der Waals surface area contributed by atoms with Gasteiger partial charge in [-0.15, -0.1) is 0 Å². The molecule has 0 heterocycles. The molecule has 3 heteroatoms. The second kappa shape index (κ2) is 4.89. The minimum atomic E-state index is -0.380. The van der Waals surface area contributed by atoms with E-state index in [-0.39, 0.29) is 17.6 Å². The summed E-state index contributed by atoms with van der Waals surface area (Å²) in [5.41, 5.74) is 4.95. The van der Waals surface area contributed by atoms with Crippen LogP contribution in [0.1, 0.15) is 33.1 Å². The number of nitrogens with two attached hydrogens (primary N) is 1. The first-order chi connectivity index (χ1) is 5.54. The van der Waals surface area contributed by atoms with Crippen LogP contribution in [0.4, 0.5) is 0 Å². The molecule has 2 N–H and O–H groups in total. The lowest BCUT2D eigenvalue weighted by Crippen LogP contribution is -2.24. The van der Waals surface area contributed by atoms with Gasteiger partial charge in [0.1, 0.15) is 0 Å². The van der Waals surface area contributed by atoms with Crippen LogP contribution in [0.2, 0.25) is 0 Å². The summed E-state index contributed by atoms with van der Waals surface area (Å²) in [4.78, 5) is 11.3.